The first-order valence-electron chi connectivity index (χ1n) is 10.1. The Hall–Kier alpha value is -2.24. The summed E-state index contributed by atoms with van der Waals surface area (Å²) >= 11 is 5.96. The minimum absolute atomic E-state index is 0.0248. The smallest absolute Gasteiger partial charge is 0.243 e. The zero-order valence-corrected chi connectivity index (χ0v) is 17.6. The molecule has 3 rings (SSSR count). The fourth-order valence-electron chi connectivity index (χ4n) is 4.08. The zero-order chi connectivity index (χ0) is 21.7. The van der Waals surface area contributed by atoms with Gasteiger partial charge in [0.25, 0.3) is 0 Å². The second-order valence-corrected chi connectivity index (χ2v) is 8.10. The van der Waals surface area contributed by atoms with Crippen LogP contribution in [-0.2, 0) is 9.59 Å². The molecule has 0 spiro atoms. The first kappa shape index (κ1) is 22.4. The van der Waals surface area contributed by atoms with E-state index in [1.807, 2.05) is 12.1 Å². The normalized spacial score (nSPS) is 18.5. The number of hydroxylamine groups is 2. The van der Waals surface area contributed by atoms with Crippen molar-refractivity contribution in [2.75, 3.05) is 37.1 Å². The molecule has 1 aromatic rings. The molecule has 0 aromatic carbocycles. The maximum Gasteiger partial charge on any atom is 0.243 e. The van der Waals surface area contributed by atoms with E-state index in [2.05, 4.69) is 20.8 Å². The first-order chi connectivity index (χ1) is 14.4. The zero-order valence-electron chi connectivity index (χ0n) is 16.9. The van der Waals surface area contributed by atoms with E-state index in [-0.39, 0.29) is 29.9 Å². The predicted molar refractivity (Wildman–Crippen MR) is 108 cm³/mol. The van der Waals surface area contributed by atoms with Crippen LogP contribution in [0.2, 0.25) is 5.28 Å². The Kier molecular flexibility index (Phi) is 7.62. The molecule has 0 unspecified atom stereocenters. The van der Waals surface area contributed by atoms with Gasteiger partial charge in [-0.25, -0.2) is 10.1 Å². The van der Waals surface area contributed by atoms with E-state index < -0.39 is 17.6 Å². The number of nitrogens with zero attached hydrogens (tertiary/aromatic N) is 5. The van der Waals surface area contributed by atoms with Crippen LogP contribution in [0.3, 0.4) is 0 Å². The molecule has 1 saturated carbocycles. The third kappa shape index (κ3) is 5.46. The average molecular weight is 444 g/mol. The summed E-state index contributed by atoms with van der Waals surface area (Å²) in [6.45, 7) is 1.20. The van der Waals surface area contributed by atoms with Gasteiger partial charge in [-0.05, 0) is 30.4 Å². The number of carbonyl (C=O) groups is 2. The molecule has 1 aliphatic carbocycles. The number of hydrogen-bond acceptors (Lipinski definition) is 8. The lowest BCUT2D eigenvalue weighted by atomic mass is 9.92. The third-order valence-electron chi connectivity index (χ3n) is 5.61. The van der Waals surface area contributed by atoms with Gasteiger partial charge in [0.15, 0.2) is 11.6 Å². The van der Waals surface area contributed by atoms with Gasteiger partial charge in [-0.3, -0.25) is 30.7 Å². The van der Waals surface area contributed by atoms with Gasteiger partial charge in [0.1, 0.15) is 0 Å². The molecule has 12 heteroatoms. The van der Waals surface area contributed by atoms with Crippen LogP contribution in [0.15, 0.2) is 0 Å². The molecule has 1 saturated heterocycles. The second-order valence-electron chi connectivity index (χ2n) is 7.76. The number of halogens is 2. The first-order valence-corrected chi connectivity index (χ1v) is 10.4. The van der Waals surface area contributed by atoms with Crippen molar-refractivity contribution in [3.05, 3.63) is 11.1 Å². The van der Waals surface area contributed by atoms with Crippen molar-refractivity contribution >= 4 is 35.6 Å². The number of carbonyl (C=O) groups excluding carboxylic acids is 2. The van der Waals surface area contributed by atoms with Crippen molar-refractivity contribution in [2.45, 2.75) is 38.5 Å². The van der Waals surface area contributed by atoms with Crippen molar-refractivity contribution in [3.8, 4) is 0 Å². The van der Waals surface area contributed by atoms with Crippen LogP contribution in [0.5, 0.6) is 0 Å². The highest BCUT2D eigenvalue weighted by molar-refractivity contribution is 6.28. The molecule has 1 aliphatic heterocycles. The summed E-state index contributed by atoms with van der Waals surface area (Å²) in [5, 5.41) is 13.3. The molecule has 1 atom stereocenters. The molecule has 2 fully saturated rings. The Bertz CT molecular complexity index is 766. The van der Waals surface area contributed by atoms with Gasteiger partial charge in [0.2, 0.25) is 23.4 Å². The predicted octanol–water partition coefficient (Wildman–Crippen LogP) is 1.81. The SMILES string of the molecule is CN1CCCN1c1nc(Cl)nc(NNC(=O)[C@@H](CC2CCCC2)CN(O)C=O)c1F. The lowest BCUT2D eigenvalue weighted by Crippen LogP contribution is -2.41. The number of hydrazine groups is 2. The Morgan fingerprint density at radius 1 is 1.37 bits per heavy atom. The van der Waals surface area contributed by atoms with Crippen molar-refractivity contribution < 1.29 is 19.2 Å². The van der Waals surface area contributed by atoms with Crippen LogP contribution in [0.1, 0.15) is 38.5 Å². The monoisotopic (exact) mass is 443 g/mol. The number of rotatable bonds is 9. The van der Waals surface area contributed by atoms with Crippen LogP contribution in [-0.4, -0.2) is 64.2 Å². The van der Waals surface area contributed by atoms with Crippen LogP contribution in [0.25, 0.3) is 0 Å². The lowest BCUT2D eigenvalue weighted by molar-refractivity contribution is -0.154. The number of anilines is 2. The highest BCUT2D eigenvalue weighted by atomic mass is 35.5. The van der Waals surface area contributed by atoms with Crippen molar-refractivity contribution in [1.82, 2.24) is 25.5 Å². The molecule has 2 amide bonds. The molecule has 30 heavy (non-hydrogen) atoms. The molecular weight excluding hydrogens is 417 g/mol. The highest BCUT2D eigenvalue weighted by Crippen LogP contribution is 2.31. The van der Waals surface area contributed by atoms with E-state index in [0.29, 0.717) is 23.9 Å². The molecule has 3 N–H and O–H groups in total. The number of amides is 2. The van der Waals surface area contributed by atoms with Gasteiger partial charge in [0, 0.05) is 20.1 Å². The van der Waals surface area contributed by atoms with Crippen molar-refractivity contribution in [2.24, 2.45) is 11.8 Å². The topological polar surface area (TPSA) is 114 Å². The van der Waals surface area contributed by atoms with Crippen LogP contribution < -0.4 is 15.9 Å². The number of nitrogens with one attached hydrogen (secondary N) is 2. The maximum absolute atomic E-state index is 15.0. The van der Waals surface area contributed by atoms with Gasteiger partial charge in [-0.15, -0.1) is 0 Å². The molecule has 2 heterocycles. The average Bonchev–Trinajstić information content (AvgIpc) is 3.39. The second kappa shape index (κ2) is 10.2. The summed E-state index contributed by atoms with van der Waals surface area (Å²) in [5.74, 6) is -1.75. The Labute approximate surface area is 179 Å². The number of aromatic nitrogens is 2. The van der Waals surface area contributed by atoms with Crippen molar-refractivity contribution in [1.29, 1.82) is 0 Å². The van der Waals surface area contributed by atoms with Gasteiger partial charge in [0.05, 0.1) is 12.5 Å². The maximum atomic E-state index is 15.0. The summed E-state index contributed by atoms with van der Waals surface area (Å²) in [4.78, 5) is 31.3. The van der Waals surface area contributed by atoms with Gasteiger partial charge < -0.3 is 0 Å². The van der Waals surface area contributed by atoms with Gasteiger partial charge in [-0.2, -0.15) is 14.4 Å². The summed E-state index contributed by atoms with van der Waals surface area (Å²) in [7, 11) is 1.82. The minimum Gasteiger partial charge on any atom is -0.287 e. The Morgan fingerprint density at radius 2 is 2.10 bits per heavy atom. The largest absolute Gasteiger partial charge is 0.287 e. The molecule has 1 aromatic heterocycles. The quantitative estimate of drug-likeness (QED) is 0.229. The molecule has 2 aliphatic rings. The van der Waals surface area contributed by atoms with Crippen LogP contribution in [0, 0.1) is 17.7 Å². The van der Waals surface area contributed by atoms with E-state index >= 15 is 0 Å². The molecule has 10 nitrogen and oxygen atoms in total. The Morgan fingerprint density at radius 3 is 2.73 bits per heavy atom. The number of hydrogen-bond donors (Lipinski definition) is 3. The van der Waals surface area contributed by atoms with E-state index in [1.165, 1.54) is 0 Å². The van der Waals surface area contributed by atoms with Crippen LogP contribution in [0.4, 0.5) is 16.0 Å². The van der Waals surface area contributed by atoms with Crippen molar-refractivity contribution in [3.63, 3.8) is 0 Å². The van der Waals surface area contributed by atoms with Gasteiger partial charge in [-0.1, -0.05) is 25.7 Å². The molecule has 0 radical (unpaired) electrons. The standard InChI is InChI=1S/C18H27ClFN7O3/c1-25-7-4-8-27(25)16-14(20)15(21-18(19)22-16)23-24-17(29)13(10-26(30)11-28)9-12-5-2-3-6-12/h11-13,30H,2-10H2,1H3,(H,24,29)(H,21,22,23)/t13-/m0/s1. The molecule has 0 bridgehead atoms. The summed E-state index contributed by atoms with van der Waals surface area (Å²) in [6.07, 6.45) is 5.85. The van der Waals surface area contributed by atoms with Gasteiger partial charge >= 0.3 is 0 Å². The minimum atomic E-state index is -0.738. The Balaban J connectivity index is 1.69. The summed E-state index contributed by atoms with van der Waals surface area (Å²) < 4.78 is 15.0. The highest BCUT2D eigenvalue weighted by Gasteiger charge is 2.29. The summed E-state index contributed by atoms with van der Waals surface area (Å²) in [5.41, 5.74) is 4.92. The molecule has 166 valence electrons. The van der Waals surface area contributed by atoms with E-state index in [9.17, 15) is 19.2 Å². The van der Waals surface area contributed by atoms with Crippen LogP contribution >= 0.6 is 11.6 Å². The fraction of sp³-hybridized carbons (Fsp3) is 0.667. The lowest BCUT2D eigenvalue weighted by Gasteiger charge is -2.26. The fourth-order valence-corrected chi connectivity index (χ4v) is 4.24. The van der Waals surface area contributed by atoms with E-state index in [1.54, 1.807) is 5.01 Å². The molecular formula is C18H27ClFN7O3. The third-order valence-corrected chi connectivity index (χ3v) is 5.78. The summed E-state index contributed by atoms with van der Waals surface area (Å²) in [6, 6.07) is 0. The van der Waals surface area contributed by atoms with E-state index in [4.69, 9.17) is 11.6 Å². The van der Waals surface area contributed by atoms with E-state index in [0.717, 1.165) is 38.6 Å².